The van der Waals surface area contributed by atoms with E-state index in [0.29, 0.717) is 6.42 Å². The molecule has 1 fully saturated rings. The number of nitrogens with one attached hydrogen (secondary N) is 1. The predicted octanol–water partition coefficient (Wildman–Crippen LogP) is -3.10. The molecule has 1 aliphatic rings. The summed E-state index contributed by atoms with van der Waals surface area (Å²) < 4.78 is 5.18. The zero-order chi connectivity index (χ0) is 12.3. The van der Waals surface area contributed by atoms with Gasteiger partial charge in [0.1, 0.15) is 18.8 Å². The fourth-order valence-corrected chi connectivity index (χ4v) is 1.75. The van der Waals surface area contributed by atoms with E-state index in [1.54, 1.807) is 0 Å². The molecule has 0 bridgehead atoms. The van der Waals surface area contributed by atoms with Crippen molar-refractivity contribution < 1.29 is 19.7 Å². The molecule has 16 heavy (non-hydrogen) atoms. The van der Waals surface area contributed by atoms with Crippen LogP contribution >= 0.6 is 0 Å². The Morgan fingerprint density at radius 1 is 1.38 bits per heavy atom. The molecule has 0 aromatic carbocycles. The largest absolute Gasteiger partial charge is 0.389 e. The van der Waals surface area contributed by atoms with E-state index < -0.39 is 30.4 Å². The van der Waals surface area contributed by atoms with Crippen LogP contribution in [0.15, 0.2) is 0 Å². The average Bonchev–Trinajstić information content (AvgIpc) is 2.25. The van der Waals surface area contributed by atoms with Crippen LogP contribution in [0.25, 0.3) is 0 Å². The fraction of sp³-hybridized carbons (Fsp3) is 0.889. The van der Waals surface area contributed by atoms with Crippen LogP contribution in [0, 0.1) is 0 Å². The number of carbonyl (C=O) groups is 1. The van der Waals surface area contributed by atoms with Crippen molar-refractivity contribution >= 4 is 5.91 Å². The van der Waals surface area contributed by atoms with Crippen LogP contribution in [-0.4, -0.2) is 60.2 Å². The summed E-state index contributed by atoms with van der Waals surface area (Å²) in [5.74, 6) is -0.316. The van der Waals surface area contributed by atoms with Crippen molar-refractivity contribution in [2.75, 3.05) is 13.7 Å². The van der Waals surface area contributed by atoms with Gasteiger partial charge < -0.3 is 31.7 Å². The fourth-order valence-electron chi connectivity index (χ4n) is 1.75. The van der Waals surface area contributed by atoms with Crippen LogP contribution < -0.4 is 16.8 Å². The molecule has 0 aliphatic heterocycles. The van der Waals surface area contributed by atoms with E-state index in [2.05, 4.69) is 5.32 Å². The van der Waals surface area contributed by atoms with Crippen molar-refractivity contribution in [2.24, 2.45) is 11.5 Å². The molecular weight excluding hydrogens is 214 g/mol. The molecule has 0 spiro atoms. The molecule has 0 unspecified atom stereocenters. The number of ether oxygens (including phenoxy) is 1. The van der Waals surface area contributed by atoms with E-state index in [1.165, 1.54) is 7.05 Å². The minimum absolute atomic E-state index is 0.201. The maximum absolute atomic E-state index is 11.0. The molecule has 5 atom stereocenters. The van der Waals surface area contributed by atoms with E-state index in [1.807, 2.05) is 0 Å². The smallest absolute Gasteiger partial charge is 0.245 e. The van der Waals surface area contributed by atoms with E-state index >= 15 is 0 Å². The van der Waals surface area contributed by atoms with Gasteiger partial charge in [-0.05, 0) is 6.42 Å². The van der Waals surface area contributed by atoms with Gasteiger partial charge in [-0.15, -0.1) is 0 Å². The summed E-state index contributed by atoms with van der Waals surface area (Å²) >= 11 is 0. The highest BCUT2D eigenvalue weighted by atomic mass is 16.5. The highest BCUT2D eigenvalue weighted by molar-refractivity contribution is 5.76. The molecule has 0 radical (unpaired) electrons. The number of carbonyl (C=O) groups excluding carboxylic acids is 1. The molecule has 0 heterocycles. The number of hydrogen-bond donors (Lipinski definition) is 5. The summed E-state index contributed by atoms with van der Waals surface area (Å²) in [7, 11) is 1.48. The number of nitrogens with two attached hydrogens (primary N) is 2. The van der Waals surface area contributed by atoms with Gasteiger partial charge in [0.15, 0.2) is 0 Å². The Bertz CT molecular complexity index is 251. The third-order valence-corrected chi connectivity index (χ3v) is 2.78. The summed E-state index contributed by atoms with van der Waals surface area (Å²) in [5, 5.41) is 21.6. The zero-order valence-corrected chi connectivity index (χ0v) is 9.17. The maximum atomic E-state index is 11.0. The highest BCUT2D eigenvalue weighted by Crippen LogP contribution is 2.20. The first-order valence-corrected chi connectivity index (χ1v) is 5.16. The quantitative estimate of drug-likeness (QED) is 0.351. The Morgan fingerprint density at radius 2 is 2.00 bits per heavy atom. The van der Waals surface area contributed by atoms with Gasteiger partial charge in [-0.2, -0.15) is 0 Å². The number of amides is 1. The number of rotatable bonds is 3. The van der Waals surface area contributed by atoms with Gasteiger partial charge in [-0.1, -0.05) is 0 Å². The summed E-state index contributed by atoms with van der Waals surface area (Å²) in [6.45, 7) is -0.201. The molecule has 94 valence electrons. The lowest BCUT2D eigenvalue weighted by atomic mass is 9.85. The molecule has 7 heteroatoms. The van der Waals surface area contributed by atoms with Gasteiger partial charge >= 0.3 is 0 Å². The number of aliphatic hydroxyl groups is 2. The standard InChI is InChI=1S/C9H19N3O4/c1-12-6(13)3-16-9-5(11)2-4(10)7(14)8(9)15/h4-5,7-9,14-15H,2-3,10-11H2,1H3,(H,12,13)/t4-,5+,7+,8-,9-/m0/s1. The second kappa shape index (κ2) is 5.55. The van der Waals surface area contributed by atoms with Crippen LogP contribution in [0.1, 0.15) is 6.42 Å². The minimum atomic E-state index is -1.16. The SMILES string of the molecule is CNC(=O)CO[C@@H]1[C@@H](O)[C@H](O)[C@@H](N)C[C@H]1N. The third kappa shape index (κ3) is 2.89. The van der Waals surface area contributed by atoms with Gasteiger partial charge in [0.2, 0.25) is 5.91 Å². The lowest BCUT2D eigenvalue weighted by Crippen LogP contribution is -2.62. The maximum Gasteiger partial charge on any atom is 0.245 e. The Morgan fingerprint density at radius 3 is 2.56 bits per heavy atom. The lowest BCUT2D eigenvalue weighted by Gasteiger charge is -2.39. The minimum Gasteiger partial charge on any atom is -0.389 e. The molecule has 1 saturated carbocycles. The van der Waals surface area contributed by atoms with Crippen molar-refractivity contribution in [3.63, 3.8) is 0 Å². The van der Waals surface area contributed by atoms with Gasteiger partial charge in [0.05, 0.1) is 6.10 Å². The normalized spacial score (nSPS) is 39.4. The molecule has 7 nitrogen and oxygen atoms in total. The molecule has 1 aliphatic carbocycles. The molecular formula is C9H19N3O4. The van der Waals surface area contributed by atoms with Crippen molar-refractivity contribution in [1.82, 2.24) is 5.32 Å². The third-order valence-electron chi connectivity index (χ3n) is 2.78. The summed E-state index contributed by atoms with van der Waals surface area (Å²) in [6.07, 6.45) is -2.67. The second-order valence-corrected chi connectivity index (χ2v) is 3.99. The topological polar surface area (TPSA) is 131 Å². The van der Waals surface area contributed by atoms with Gasteiger partial charge in [-0.25, -0.2) is 0 Å². The molecule has 0 aromatic rings. The number of aliphatic hydroxyl groups excluding tert-OH is 2. The summed E-state index contributed by atoms with van der Waals surface area (Å²) in [6, 6.07) is -1.05. The van der Waals surface area contributed by atoms with Crippen LogP contribution in [0.5, 0.6) is 0 Å². The van der Waals surface area contributed by atoms with E-state index in [0.717, 1.165) is 0 Å². The Balaban J connectivity index is 2.54. The number of likely N-dealkylation sites (N-methyl/N-ethyl adjacent to an activating group) is 1. The van der Waals surface area contributed by atoms with E-state index in [-0.39, 0.29) is 12.5 Å². The lowest BCUT2D eigenvalue weighted by molar-refractivity contribution is -0.144. The predicted molar refractivity (Wildman–Crippen MR) is 56.4 cm³/mol. The Kier molecular flexibility index (Phi) is 4.63. The molecule has 1 amide bonds. The second-order valence-electron chi connectivity index (χ2n) is 3.99. The average molecular weight is 233 g/mol. The molecule has 7 N–H and O–H groups in total. The van der Waals surface area contributed by atoms with Crippen LogP contribution in [0.3, 0.4) is 0 Å². The molecule has 1 rings (SSSR count). The van der Waals surface area contributed by atoms with Gasteiger partial charge in [-0.3, -0.25) is 4.79 Å². The zero-order valence-electron chi connectivity index (χ0n) is 9.17. The van der Waals surface area contributed by atoms with E-state index in [4.69, 9.17) is 16.2 Å². The van der Waals surface area contributed by atoms with Crippen molar-refractivity contribution in [2.45, 2.75) is 36.8 Å². The van der Waals surface area contributed by atoms with Crippen LogP contribution in [0.4, 0.5) is 0 Å². The summed E-state index contributed by atoms with van der Waals surface area (Å²) in [5.41, 5.74) is 11.3. The van der Waals surface area contributed by atoms with E-state index in [9.17, 15) is 15.0 Å². The van der Waals surface area contributed by atoms with Crippen molar-refractivity contribution in [3.8, 4) is 0 Å². The van der Waals surface area contributed by atoms with Crippen LogP contribution in [0.2, 0.25) is 0 Å². The Labute approximate surface area is 93.7 Å². The first kappa shape index (κ1) is 13.3. The van der Waals surface area contributed by atoms with Gasteiger partial charge in [0.25, 0.3) is 0 Å². The highest BCUT2D eigenvalue weighted by Gasteiger charge is 2.41. The first-order chi connectivity index (χ1) is 7.47. The monoisotopic (exact) mass is 233 g/mol. The van der Waals surface area contributed by atoms with Crippen molar-refractivity contribution in [1.29, 1.82) is 0 Å². The van der Waals surface area contributed by atoms with Crippen LogP contribution in [-0.2, 0) is 9.53 Å². The number of hydrogen-bond acceptors (Lipinski definition) is 6. The molecule has 0 aromatic heterocycles. The van der Waals surface area contributed by atoms with Gasteiger partial charge in [0, 0.05) is 19.1 Å². The van der Waals surface area contributed by atoms with Crippen molar-refractivity contribution in [3.05, 3.63) is 0 Å². The summed E-state index contributed by atoms with van der Waals surface area (Å²) in [4.78, 5) is 11.0. The first-order valence-electron chi connectivity index (χ1n) is 5.16. The molecule has 0 saturated heterocycles. The Hall–Kier alpha value is -0.730.